The van der Waals surface area contributed by atoms with Gasteiger partial charge in [-0.3, -0.25) is 9.59 Å². The van der Waals surface area contributed by atoms with E-state index in [1.54, 1.807) is 6.08 Å². The number of rotatable bonds is 5. The van der Waals surface area contributed by atoms with E-state index in [0.717, 1.165) is 22.4 Å². The lowest BCUT2D eigenvalue weighted by molar-refractivity contribution is -0.147. The van der Waals surface area contributed by atoms with Crippen molar-refractivity contribution in [1.82, 2.24) is 5.32 Å². The highest BCUT2D eigenvalue weighted by Crippen LogP contribution is 2.33. The molecular formula is C21H21NO4. The minimum absolute atomic E-state index is 0.357. The molecule has 0 fully saturated rings. The van der Waals surface area contributed by atoms with Gasteiger partial charge in [0.1, 0.15) is 5.75 Å². The summed E-state index contributed by atoms with van der Waals surface area (Å²) in [6.07, 6.45) is 2.32. The Balaban J connectivity index is 1.80. The van der Waals surface area contributed by atoms with E-state index >= 15 is 0 Å². The predicted octanol–water partition coefficient (Wildman–Crippen LogP) is 2.96. The van der Waals surface area contributed by atoms with Gasteiger partial charge in [-0.1, -0.05) is 54.6 Å². The number of para-hydroxylation sites is 1. The minimum atomic E-state index is -0.995. The zero-order valence-corrected chi connectivity index (χ0v) is 14.6. The molecule has 0 saturated carbocycles. The molecule has 0 saturated heterocycles. The van der Waals surface area contributed by atoms with Crippen LogP contribution in [0.1, 0.15) is 17.5 Å². The molecule has 5 heteroatoms. The Morgan fingerprint density at radius 3 is 2.65 bits per heavy atom. The van der Waals surface area contributed by atoms with Gasteiger partial charge < -0.3 is 14.8 Å². The molecule has 1 heterocycles. The van der Waals surface area contributed by atoms with E-state index in [-0.39, 0.29) is 5.91 Å². The lowest BCUT2D eigenvalue weighted by Gasteiger charge is -2.21. The van der Waals surface area contributed by atoms with Crippen molar-refractivity contribution in [3.8, 4) is 5.75 Å². The first-order valence-electron chi connectivity index (χ1n) is 8.51. The van der Waals surface area contributed by atoms with Crippen LogP contribution in [0, 0.1) is 5.92 Å². The first kappa shape index (κ1) is 17.7. The van der Waals surface area contributed by atoms with Crippen LogP contribution < -0.4 is 10.1 Å². The largest absolute Gasteiger partial charge is 0.493 e. The zero-order chi connectivity index (χ0) is 18.4. The molecule has 1 unspecified atom stereocenters. The number of nitrogens with one attached hydrogen (secondary N) is 1. The molecule has 0 radical (unpaired) electrons. The van der Waals surface area contributed by atoms with Crippen molar-refractivity contribution in [3.63, 3.8) is 0 Å². The van der Waals surface area contributed by atoms with Crippen LogP contribution in [0.3, 0.4) is 0 Å². The second-order valence-electron chi connectivity index (χ2n) is 5.99. The third kappa shape index (κ3) is 4.11. The number of ether oxygens (including phenoxy) is 2. The van der Waals surface area contributed by atoms with Gasteiger partial charge >= 0.3 is 5.97 Å². The molecule has 134 valence electrons. The third-order valence-corrected chi connectivity index (χ3v) is 4.28. The summed E-state index contributed by atoms with van der Waals surface area (Å²) in [5.74, 6) is -1.19. The van der Waals surface area contributed by atoms with Crippen LogP contribution in [0.4, 0.5) is 0 Å². The monoisotopic (exact) mass is 351 g/mol. The van der Waals surface area contributed by atoms with Gasteiger partial charge in [-0.15, -0.1) is 0 Å². The van der Waals surface area contributed by atoms with Gasteiger partial charge in [-0.05, 0) is 17.2 Å². The summed E-state index contributed by atoms with van der Waals surface area (Å²) in [6.45, 7) is 0.873. The van der Waals surface area contributed by atoms with Gasteiger partial charge in [0.2, 0.25) is 5.91 Å². The maximum Gasteiger partial charge on any atom is 0.322 e. The van der Waals surface area contributed by atoms with Crippen molar-refractivity contribution < 1.29 is 19.1 Å². The fraction of sp³-hybridized carbons (Fsp3) is 0.238. The molecule has 1 amide bonds. The minimum Gasteiger partial charge on any atom is -0.493 e. The van der Waals surface area contributed by atoms with Crippen LogP contribution in [0.25, 0.3) is 5.57 Å². The first-order valence-corrected chi connectivity index (χ1v) is 8.51. The number of carbonyl (C=O) groups excluding carboxylic acids is 2. The fourth-order valence-corrected chi connectivity index (χ4v) is 2.91. The maximum atomic E-state index is 12.6. The summed E-state index contributed by atoms with van der Waals surface area (Å²) in [6, 6.07) is 17.2. The number of hydrogen-bond donors (Lipinski definition) is 1. The number of amides is 1. The molecule has 0 bridgehead atoms. The van der Waals surface area contributed by atoms with E-state index in [0.29, 0.717) is 19.6 Å². The van der Waals surface area contributed by atoms with Gasteiger partial charge in [-0.2, -0.15) is 0 Å². The maximum absolute atomic E-state index is 12.6. The molecule has 0 spiro atoms. The molecule has 3 rings (SSSR count). The second kappa shape index (κ2) is 8.34. The average molecular weight is 351 g/mol. The Kier molecular flexibility index (Phi) is 5.69. The molecule has 1 aliphatic rings. The Bertz CT molecular complexity index is 814. The van der Waals surface area contributed by atoms with Gasteiger partial charge in [0.25, 0.3) is 0 Å². The van der Waals surface area contributed by atoms with Crippen molar-refractivity contribution in [2.75, 3.05) is 13.7 Å². The van der Waals surface area contributed by atoms with Crippen molar-refractivity contribution >= 4 is 17.4 Å². The molecule has 2 aromatic carbocycles. The van der Waals surface area contributed by atoms with Crippen LogP contribution in [-0.4, -0.2) is 25.6 Å². The Morgan fingerprint density at radius 1 is 1.15 bits per heavy atom. The van der Waals surface area contributed by atoms with E-state index in [1.807, 2.05) is 54.6 Å². The molecule has 1 atom stereocenters. The molecule has 26 heavy (non-hydrogen) atoms. The number of hydrogen-bond acceptors (Lipinski definition) is 4. The van der Waals surface area contributed by atoms with Crippen molar-refractivity contribution in [2.24, 2.45) is 5.92 Å². The van der Waals surface area contributed by atoms with Crippen molar-refractivity contribution in [3.05, 3.63) is 71.8 Å². The van der Waals surface area contributed by atoms with Crippen LogP contribution in [0.15, 0.2) is 60.7 Å². The lowest BCUT2D eigenvalue weighted by Crippen LogP contribution is -2.35. The topological polar surface area (TPSA) is 64.6 Å². The summed E-state index contributed by atoms with van der Waals surface area (Å²) in [5.41, 5.74) is 2.79. The molecule has 0 aliphatic carbocycles. The Hall–Kier alpha value is -3.08. The summed E-state index contributed by atoms with van der Waals surface area (Å²) in [5, 5.41) is 2.81. The van der Waals surface area contributed by atoms with Crippen LogP contribution in [0.2, 0.25) is 0 Å². The van der Waals surface area contributed by atoms with E-state index in [4.69, 9.17) is 9.47 Å². The van der Waals surface area contributed by atoms with Gasteiger partial charge in [-0.25, -0.2) is 0 Å². The van der Waals surface area contributed by atoms with E-state index in [2.05, 4.69) is 5.32 Å². The summed E-state index contributed by atoms with van der Waals surface area (Å²) in [7, 11) is 1.29. The third-order valence-electron chi connectivity index (χ3n) is 4.28. The first-order chi connectivity index (χ1) is 12.7. The SMILES string of the molecule is COC(=O)C(/C=C1\CCOc2ccccc21)C(=O)NCc1ccccc1. The average Bonchev–Trinajstić information content (AvgIpc) is 2.70. The Morgan fingerprint density at radius 2 is 1.88 bits per heavy atom. The number of methoxy groups -OCH3 is 1. The standard InChI is InChI=1S/C21H21NO4/c1-25-21(24)18(20(23)22-14-15-7-3-2-4-8-15)13-16-11-12-26-19-10-6-5-9-17(16)19/h2-10,13,18H,11-12,14H2,1H3,(H,22,23)/b16-13+. The highest BCUT2D eigenvalue weighted by Gasteiger charge is 2.27. The fourth-order valence-electron chi connectivity index (χ4n) is 2.91. The number of carbonyl (C=O) groups is 2. The van der Waals surface area contributed by atoms with Crippen molar-refractivity contribution in [1.29, 1.82) is 0 Å². The summed E-state index contributed by atoms with van der Waals surface area (Å²) >= 11 is 0. The number of esters is 1. The van der Waals surface area contributed by atoms with Gasteiger partial charge in [0.15, 0.2) is 5.92 Å². The van der Waals surface area contributed by atoms with E-state index in [1.165, 1.54) is 7.11 Å². The van der Waals surface area contributed by atoms with Crippen LogP contribution in [0.5, 0.6) is 5.75 Å². The van der Waals surface area contributed by atoms with Crippen LogP contribution >= 0.6 is 0 Å². The quantitative estimate of drug-likeness (QED) is 0.664. The summed E-state index contributed by atoms with van der Waals surface area (Å²) in [4.78, 5) is 24.8. The zero-order valence-electron chi connectivity index (χ0n) is 14.6. The van der Waals surface area contributed by atoms with Crippen molar-refractivity contribution in [2.45, 2.75) is 13.0 Å². The predicted molar refractivity (Wildman–Crippen MR) is 98.3 cm³/mol. The lowest BCUT2D eigenvalue weighted by atomic mass is 9.95. The summed E-state index contributed by atoms with van der Waals surface area (Å²) < 4.78 is 10.5. The normalized spacial score (nSPS) is 15.5. The second-order valence-corrected chi connectivity index (χ2v) is 5.99. The highest BCUT2D eigenvalue weighted by molar-refractivity contribution is 6.01. The van der Waals surface area contributed by atoms with E-state index < -0.39 is 11.9 Å². The smallest absolute Gasteiger partial charge is 0.322 e. The molecule has 2 aromatic rings. The van der Waals surface area contributed by atoms with E-state index in [9.17, 15) is 9.59 Å². The van der Waals surface area contributed by atoms with Gasteiger partial charge in [0.05, 0.1) is 13.7 Å². The molecule has 5 nitrogen and oxygen atoms in total. The molecule has 1 N–H and O–H groups in total. The molecular weight excluding hydrogens is 330 g/mol. The van der Waals surface area contributed by atoms with Crippen LogP contribution in [-0.2, 0) is 20.9 Å². The van der Waals surface area contributed by atoms with Gasteiger partial charge in [0, 0.05) is 18.5 Å². The Labute approximate surface area is 152 Å². The number of fused-ring (bicyclic) bond motifs is 1. The molecule has 1 aliphatic heterocycles. The molecule has 0 aromatic heterocycles. The highest BCUT2D eigenvalue weighted by atomic mass is 16.5. The number of benzene rings is 2.